The predicted molar refractivity (Wildman–Crippen MR) is 117 cm³/mol. The zero-order valence-corrected chi connectivity index (χ0v) is 17.5. The Kier molecular flexibility index (Phi) is 3.90. The number of nitrogens with two attached hydrogens (primary N) is 1. The van der Waals surface area contributed by atoms with E-state index in [1.807, 2.05) is 68.3 Å². The number of hydrogen-bond donors (Lipinski definition) is 1. The summed E-state index contributed by atoms with van der Waals surface area (Å²) in [5.74, 6) is 0.189. The van der Waals surface area contributed by atoms with E-state index in [4.69, 9.17) is 15.2 Å². The maximum atomic E-state index is 12.9. The van der Waals surface area contributed by atoms with Gasteiger partial charge in [-0.3, -0.25) is 0 Å². The number of nitrogens with zero attached hydrogens (tertiary/aromatic N) is 2. The zero-order valence-electron chi connectivity index (χ0n) is 17.5. The highest BCUT2D eigenvalue weighted by Crippen LogP contribution is 2.56. The summed E-state index contributed by atoms with van der Waals surface area (Å²) in [6, 6.07) is 11.5. The van der Waals surface area contributed by atoms with Crippen LogP contribution >= 0.6 is 0 Å². The summed E-state index contributed by atoms with van der Waals surface area (Å²) in [4.78, 5) is 17.0. The lowest BCUT2D eigenvalue weighted by Gasteiger charge is -2.45. The summed E-state index contributed by atoms with van der Waals surface area (Å²) < 4.78 is 12.7. The molecule has 2 aromatic rings. The third-order valence-electron chi connectivity index (χ3n) is 6.21. The molecule has 0 fully saturated rings. The summed E-state index contributed by atoms with van der Waals surface area (Å²) in [6.07, 6.45) is 5.99. The van der Waals surface area contributed by atoms with Gasteiger partial charge in [0.05, 0.1) is 11.5 Å². The monoisotopic (exact) mass is 403 g/mol. The molecular formula is C24H25N3O3. The van der Waals surface area contributed by atoms with E-state index in [0.717, 1.165) is 28.3 Å². The number of likely N-dealkylation sites (N-methyl/N-ethyl adjacent to an activating group) is 1. The molecule has 2 aromatic carbocycles. The topological polar surface area (TPSA) is 68.0 Å². The molecule has 1 spiro atoms. The van der Waals surface area contributed by atoms with Gasteiger partial charge in [-0.25, -0.2) is 4.79 Å². The lowest BCUT2D eigenvalue weighted by molar-refractivity contribution is -0.0420. The standard InChI is InChI=1S/C24H25N3O3/c1-26(2)15-6-9-19-21(12-15)29-22-13-16(27(3)4)7-10-20(22)24(19)18-8-5-14(25)11-17(18)23(28)30-24/h5-13,19,21H,25H2,1-4H3/t19-,21-,24-/m0/s1. The molecule has 2 heterocycles. The first-order chi connectivity index (χ1) is 14.3. The maximum absolute atomic E-state index is 12.9. The van der Waals surface area contributed by atoms with Crippen molar-refractivity contribution in [3.63, 3.8) is 0 Å². The molecule has 0 radical (unpaired) electrons. The Morgan fingerprint density at radius 3 is 2.50 bits per heavy atom. The van der Waals surface area contributed by atoms with Gasteiger partial charge in [-0.05, 0) is 36.4 Å². The molecule has 0 bridgehead atoms. The van der Waals surface area contributed by atoms with Gasteiger partial charge < -0.3 is 25.0 Å². The Labute approximate surface area is 176 Å². The SMILES string of the molecule is CN(C)C1=C[C@@H]2Oc3cc(N(C)C)ccc3[C@@]3(OC(=O)c4cc(N)ccc43)[C@H]2C=C1. The summed E-state index contributed by atoms with van der Waals surface area (Å²) in [6.45, 7) is 0. The van der Waals surface area contributed by atoms with Crippen molar-refractivity contribution in [1.29, 1.82) is 0 Å². The summed E-state index contributed by atoms with van der Waals surface area (Å²) in [5, 5.41) is 0. The van der Waals surface area contributed by atoms with Crippen molar-refractivity contribution in [2.45, 2.75) is 11.7 Å². The van der Waals surface area contributed by atoms with E-state index in [1.165, 1.54) is 0 Å². The number of carbonyl (C=O) groups excluding carboxylic acids is 1. The Balaban J connectivity index is 1.77. The normalized spacial score (nSPS) is 25.6. The first-order valence-corrected chi connectivity index (χ1v) is 10.0. The molecular weight excluding hydrogens is 378 g/mol. The predicted octanol–water partition coefficient (Wildman–Crippen LogP) is 3.14. The van der Waals surface area contributed by atoms with Gasteiger partial charge >= 0.3 is 5.97 Å². The van der Waals surface area contributed by atoms with Crippen molar-refractivity contribution in [2.75, 3.05) is 38.8 Å². The van der Waals surface area contributed by atoms with E-state index in [1.54, 1.807) is 6.07 Å². The number of allylic oxidation sites excluding steroid dienone is 1. The smallest absolute Gasteiger partial charge is 0.339 e. The van der Waals surface area contributed by atoms with Gasteiger partial charge in [0, 0.05) is 62.5 Å². The molecule has 0 aromatic heterocycles. The third kappa shape index (κ3) is 2.46. The Hall–Kier alpha value is -3.41. The number of benzene rings is 2. The average Bonchev–Trinajstić information content (AvgIpc) is 2.99. The minimum atomic E-state index is -0.950. The number of hydrogen-bond acceptors (Lipinski definition) is 6. The first-order valence-electron chi connectivity index (χ1n) is 10.0. The lowest BCUT2D eigenvalue weighted by Crippen LogP contribution is -2.48. The fourth-order valence-corrected chi connectivity index (χ4v) is 4.69. The van der Waals surface area contributed by atoms with Crippen LogP contribution in [0.1, 0.15) is 21.5 Å². The van der Waals surface area contributed by atoms with Crippen LogP contribution in [0.15, 0.2) is 60.3 Å². The molecule has 0 amide bonds. The summed E-state index contributed by atoms with van der Waals surface area (Å²) in [5.41, 5.74) is 9.87. The molecule has 6 heteroatoms. The average molecular weight is 403 g/mol. The molecule has 0 saturated heterocycles. The van der Waals surface area contributed by atoms with Gasteiger partial charge in [-0.15, -0.1) is 0 Å². The molecule has 5 rings (SSSR count). The fraction of sp³-hybridized carbons (Fsp3) is 0.292. The molecule has 1 aliphatic carbocycles. The minimum absolute atomic E-state index is 0.187. The van der Waals surface area contributed by atoms with Crippen molar-refractivity contribution in [3.8, 4) is 5.75 Å². The maximum Gasteiger partial charge on any atom is 0.339 e. The van der Waals surface area contributed by atoms with Crippen LogP contribution in [-0.2, 0) is 10.3 Å². The van der Waals surface area contributed by atoms with Crippen molar-refractivity contribution < 1.29 is 14.3 Å². The second-order valence-corrected chi connectivity index (χ2v) is 8.46. The first kappa shape index (κ1) is 18.6. The van der Waals surface area contributed by atoms with Crippen LogP contribution in [0, 0.1) is 5.92 Å². The Bertz CT molecular complexity index is 1120. The summed E-state index contributed by atoms with van der Waals surface area (Å²) in [7, 11) is 7.98. The molecule has 3 atom stereocenters. The quantitative estimate of drug-likeness (QED) is 0.614. The van der Waals surface area contributed by atoms with E-state index in [0.29, 0.717) is 11.3 Å². The van der Waals surface area contributed by atoms with E-state index < -0.39 is 5.60 Å². The fourth-order valence-electron chi connectivity index (χ4n) is 4.69. The van der Waals surface area contributed by atoms with Gasteiger partial charge in [0.1, 0.15) is 11.9 Å². The second kappa shape index (κ2) is 6.29. The number of nitrogen functional groups attached to an aromatic ring is 1. The highest BCUT2D eigenvalue weighted by atomic mass is 16.6. The number of fused-ring (bicyclic) bond motifs is 6. The van der Waals surface area contributed by atoms with Gasteiger partial charge in [0.2, 0.25) is 0 Å². The second-order valence-electron chi connectivity index (χ2n) is 8.46. The highest BCUT2D eigenvalue weighted by molar-refractivity contribution is 5.97. The zero-order chi connectivity index (χ0) is 21.2. The molecule has 3 aliphatic rings. The number of rotatable bonds is 2. The highest BCUT2D eigenvalue weighted by Gasteiger charge is 2.58. The Morgan fingerprint density at radius 2 is 1.77 bits per heavy atom. The largest absolute Gasteiger partial charge is 0.485 e. The van der Waals surface area contributed by atoms with Crippen LogP contribution in [0.25, 0.3) is 0 Å². The molecule has 2 N–H and O–H groups in total. The molecule has 0 saturated carbocycles. The minimum Gasteiger partial charge on any atom is -0.485 e. The molecule has 2 aliphatic heterocycles. The van der Waals surface area contributed by atoms with Crippen molar-refractivity contribution in [3.05, 3.63) is 77.0 Å². The van der Waals surface area contributed by atoms with Gasteiger partial charge in [-0.1, -0.05) is 12.1 Å². The molecule has 30 heavy (non-hydrogen) atoms. The van der Waals surface area contributed by atoms with E-state index >= 15 is 0 Å². The number of carbonyl (C=O) groups is 1. The van der Waals surface area contributed by atoms with Crippen molar-refractivity contribution in [2.24, 2.45) is 5.92 Å². The van der Waals surface area contributed by atoms with Crippen LogP contribution in [0.2, 0.25) is 0 Å². The van der Waals surface area contributed by atoms with E-state index in [2.05, 4.69) is 18.2 Å². The lowest BCUT2D eigenvalue weighted by atomic mass is 9.70. The number of ether oxygens (including phenoxy) is 2. The van der Waals surface area contributed by atoms with Crippen LogP contribution in [-0.4, -0.2) is 45.2 Å². The van der Waals surface area contributed by atoms with Crippen LogP contribution in [0.4, 0.5) is 11.4 Å². The number of esters is 1. The van der Waals surface area contributed by atoms with E-state index in [-0.39, 0.29) is 18.0 Å². The molecule has 154 valence electrons. The number of anilines is 2. The van der Waals surface area contributed by atoms with Crippen molar-refractivity contribution in [1.82, 2.24) is 4.90 Å². The van der Waals surface area contributed by atoms with Crippen molar-refractivity contribution >= 4 is 17.3 Å². The van der Waals surface area contributed by atoms with E-state index in [9.17, 15) is 4.79 Å². The third-order valence-corrected chi connectivity index (χ3v) is 6.21. The summed E-state index contributed by atoms with van der Waals surface area (Å²) >= 11 is 0. The molecule has 6 nitrogen and oxygen atoms in total. The van der Waals surface area contributed by atoms with Gasteiger partial charge in [-0.2, -0.15) is 0 Å². The molecule has 0 unspecified atom stereocenters. The van der Waals surface area contributed by atoms with Crippen LogP contribution < -0.4 is 15.4 Å². The van der Waals surface area contributed by atoms with Gasteiger partial charge in [0.15, 0.2) is 5.60 Å². The van der Waals surface area contributed by atoms with Crippen LogP contribution in [0.5, 0.6) is 5.75 Å². The Morgan fingerprint density at radius 1 is 1.00 bits per heavy atom. The van der Waals surface area contributed by atoms with Crippen LogP contribution in [0.3, 0.4) is 0 Å². The van der Waals surface area contributed by atoms with Gasteiger partial charge in [0.25, 0.3) is 0 Å².